The molecule has 1 aliphatic heterocycles. The van der Waals surface area contributed by atoms with Gasteiger partial charge in [-0.3, -0.25) is 4.79 Å². The average molecular weight is 328 g/mol. The van der Waals surface area contributed by atoms with Crippen molar-refractivity contribution in [1.82, 2.24) is 4.72 Å². The van der Waals surface area contributed by atoms with Gasteiger partial charge in [0.2, 0.25) is 15.9 Å². The molecule has 2 rings (SSSR count). The number of carbonyl (C=O) groups is 1. The van der Waals surface area contributed by atoms with Gasteiger partial charge in [0.15, 0.2) is 11.5 Å². The van der Waals surface area contributed by atoms with Crippen molar-refractivity contribution in [2.75, 3.05) is 37.0 Å². The van der Waals surface area contributed by atoms with E-state index < -0.39 is 10.0 Å². The van der Waals surface area contributed by atoms with Crippen molar-refractivity contribution in [3.05, 3.63) is 18.2 Å². The SMILES string of the molecule is CCS(=O)(=O)NCCN(C(C)=O)c1ccc2c(c1)OCCO2. The van der Waals surface area contributed by atoms with Crippen LogP contribution < -0.4 is 19.1 Å². The van der Waals surface area contributed by atoms with Gasteiger partial charge in [0.25, 0.3) is 0 Å². The van der Waals surface area contributed by atoms with E-state index in [1.54, 1.807) is 25.1 Å². The van der Waals surface area contributed by atoms with Crippen molar-refractivity contribution in [2.24, 2.45) is 0 Å². The molecule has 0 unspecified atom stereocenters. The lowest BCUT2D eigenvalue weighted by Gasteiger charge is -2.24. The van der Waals surface area contributed by atoms with Crippen molar-refractivity contribution >= 4 is 21.6 Å². The second-order valence-electron chi connectivity index (χ2n) is 4.80. The highest BCUT2D eigenvalue weighted by atomic mass is 32.2. The van der Waals surface area contributed by atoms with E-state index in [1.165, 1.54) is 11.8 Å². The first-order valence-electron chi connectivity index (χ1n) is 7.08. The van der Waals surface area contributed by atoms with Crippen LogP contribution in [0.3, 0.4) is 0 Å². The van der Waals surface area contributed by atoms with Gasteiger partial charge in [-0.05, 0) is 19.1 Å². The van der Waals surface area contributed by atoms with Crippen molar-refractivity contribution in [2.45, 2.75) is 13.8 Å². The van der Waals surface area contributed by atoms with Gasteiger partial charge >= 0.3 is 0 Å². The first kappa shape index (κ1) is 16.6. The van der Waals surface area contributed by atoms with Gasteiger partial charge < -0.3 is 14.4 Å². The standard InChI is InChI=1S/C14H20N2O5S/c1-3-22(18,19)15-6-7-16(11(2)17)12-4-5-13-14(10-12)21-9-8-20-13/h4-5,10,15H,3,6-9H2,1-2H3. The van der Waals surface area contributed by atoms with Gasteiger partial charge in [-0.1, -0.05) is 0 Å². The molecule has 0 bridgehead atoms. The number of hydrogen-bond donors (Lipinski definition) is 1. The second-order valence-corrected chi connectivity index (χ2v) is 6.89. The minimum atomic E-state index is -3.27. The van der Waals surface area contributed by atoms with Crippen LogP contribution in [0.1, 0.15) is 13.8 Å². The zero-order chi connectivity index (χ0) is 16.2. The summed E-state index contributed by atoms with van der Waals surface area (Å²) in [6.45, 7) is 4.36. The van der Waals surface area contributed by atoms with Gasteiger partial charge in [-0.25, -0.2) is 13.1 Å². The van der Waals surface area contributed by atoms with Crippen molar-refractivity contribution in [1.29, 1.82) is 0 Å². The lowest BCUT2D eigenvalue weighted by atomic mass is 10.2. The molecule has 0 fully saturated rings. The molecular formula is C14H20N2O5S. The van der Waals surface area contributed by atoms with Crippen LogP contribution in [0, 0.1) is 0 Å². The lowest BCUT2D eigenvalue weighted by molar-refractivity contribution is -0.116. The van der Waals surface area contributed by atoms with Crippen LogP contribution in [0.2, 0.25) is 0 Å². The number of nitrogens with one attached hydrogen (secondary N) is 1. The fraction of sp³-hybridized carbons (Fsp3) is 0.500. The molecule has 0 atom stereocenters. The minimum Gasteiger partial charge on any atom is -0.486 e. The molecule has 1 heterocycles. The topological polar surface area (TPSA) is 84.9 Å². The normalized spacial score (nSPS) is 13.7. The summed E-state index contributed by atoms with van der Waals surface area (Å²) in [5, 5.41) is 0. The Balaban J connectivity index is 2.09. The Morgan fingerprint density at radius 1 is 1.27 bits per heavy atom. The predicted molar refractivity (Wildman–Crippen MR) is 82.9 cm³/mol. The summed E-state index contributed by atoms with van der Waals surface area (Å²) >= 11 is 0. The van der Waals surface area contributed by atoms with Crippen LogP contribution in [-0.2, 0) is 14.8 Å². The summed E-state index contributed by atoms with van der Waals surface area (Å²) in [4.78, 5) is 13.3. The van der Waals surface area contributed by atoms with E-state index >= 15 is 0 Å². The van der Waals surface area contributed by atoms with E-state index in [1.807, 2.05) is 0 Å². The molecule has 1 aliphatic rings. The maximum absolute atomic E-state index is 11.8. The van der Waals surface area contributed by atoms with E-state index in [0.29, 0.717) is 30.4 Å². The third-order valence-electron chi connectivity index (χ3n) is 3.25. The highest BCUT2D eigenvalue weighted by molar-refractivity contribution is 7.89. The number of amides is 1. The summed E-state index contributed by atoms with van der Waals surface area (Å²) in [7, 11) is -3.27. The van der Waals surface area contributed by atoms with Crippen LogP contribution in [-0.4, -0.2) is 46.4 Å². The van der Waals surface area contributed by atoms with Gasteiger partial charge in [0.05, 0.1) is 5.75 Å². The van der Waals surface area contributed by atoms with Gasteiger partial charge in [-0.15, -0.1) is 0 Å². The first-order chi connectivity index (χ1) is 10.4. The number of anilines is 1. The zero-order valence-corrected chi connectivity index (χ0v) is 13.5. The molecule has 1 aromatic rings. The van der Waals surface area contributed by atoms with E-state index in [-0.39, 0.29) is 24.7 Å². The molecule has 1 aromatic carbocycles. The van der Waals surface area contributed by atoms with Gasteiger partial charge in [0, 0.05) is 31.8 Å². The van der Waals surface area contributed by atoms with Gasteiger partial charge in [-0.2, -0.15) is 0 Å². The third-order valence-corrected chi connectivity index (χ3v) is 4.66. The third kappa shape index (κ3) is 4.11. The maximum atomic E-state index is 11.8. The molecule has 0 spiro atoms. The summed E-state index contributed by atoms with van der Waals surface area (Å²) in [6.07, 6.45) is 0. The molecule has 0 aliphatic carbocycles. The Kier molecular flexibility index (Phi) is 5.25. The summed E-state index contributed by atoms with van der Waals surface area (Å²) in [5.41, 5.74) is 0.646. The Morgan fingerprint density at radius 2 is 1.95 bits per heavy atom. The summed E-state index contributed by atoms with van der Waals surface area (Å²) < 4.78 is 36.2. The first-order valence-corrected chi connectivity index (χ1v) is 8.73. The summed E-state index contributed by atoms with van der Waals surface area (Å²) in [5.74, 6) is 1.07. The molecule has 7 nitrogen and oxygen atoms in total. The molecule has 1 amide bonds. The quantitative estimate of drug-likeness (QED) is 0.833. The van der Waals surface area contributed by atoms with Crippen LogP contribution in [0.5, 0.6) is 11.5 Å². The maximum Gasteiger partial charge on any atom is 0.223 e. The Hall–Kier alpha value is -1.80. The molecule has 0 saturated carbocycles. The number of ether oxygens (including phenoxy) is 2. The molecule has 8 heteroatoms. The Labute approximate surface area is 130 Å². The smallest absolute Gasteiger partial charge is 0.223 e. The van der Waals surface area contributed by atoms with Gasteiger partial charge in [0.1, 0.15) is 13.2 Å². The number of sulfonamides is 1. The largest absolute Gasteiger partial charge is 0.486 e. The Bertz CT molecular complexity index is 645. The number of benzene rings is 1. The molecule has 0 radical (unpaired) electrons. The number of rotatable bonds is 6. The monoisotopic (exact) mass is 328 g/mol. The fourth-order valence-corrected chi connectivity index (χ4v) is 2.69. The van der Waals surface area contributed by atoms with Crippen LogP contribution in [0.4, 0.5) is 5.69 Å². The molecule has 0 saturated heterocycles. The van der Waals surface area contributed by atoms with Crippen LogP contribution >= 0.6 is 0 Å². The van der Waals surface area contributed by atoms with E-state index in [0.717, 1.165) is 0 Å². The molecule has 122 valence electrons. The van der Waals surface area contributed by atoms with Crippen molar-refractivity contribution in [3.63, 3.8) is 0 Å². The Morgan fingerprint density at radius 3 is 2.59 bits per heavy atom. The lowest BCUT2D eigenvalue weighted by Crippen LogP contribution is -2.38. The second kappa shape index (κ2) is 6.97. The highest BCUT2D eigenvalue weighted by Crippen LogP contribution is 2.33. The van der Waals surface area contributed by atoms with Crippen LogP contribution in [0.25, 0.3) is 0 Å². The number of carbonyl (C=O) groups excluding carboxylic acids is 1. The predicted octanol–water partition coefficient (Wildman–Crippen LogP) is 0.750. The van der Waals surface area contributed by atoms with E-state index in [9.17, 15) is 13.2 Å². The molecule has 0 aromatic heterocycles. The minimum absolute atomic E-state index is 0.0110. The van der Waals surface area contributed by atoms with Crippen molar-refractivity contribution in [3.8, 4) is 11.5 Å². The number of nitrogens with zero attached hydrogens (tertiary/aromatic N) is 1. The average Bonchev–Trinajstić information content (AvgIpc) is 2.51. The van der Waals surface area contributed by atoms with E-state index in [2.05, 4.69) is 4.72 Å². The molecular weight excluding hydrogens is 308 g/mol. The van der Waals surface area contributed by atoms with Crippen molar-refractivity contribution < 1.29 is 22.7 Å². The fourth-order valence-electron chi connectivity index (χ4n) is 2.08. The number of fused-ring (bicyclic) bond motifs is 1. The van der Waals surface area contributed by atoms with E-state index in [4.69, 9.17) is 9.47 Å². The highest BCUT2D eigenvalue weighted by Gasteiger charge is 2.17. The zero-order valence-electron chi connectivity index (χ0n) is 12.7. The summed E-state index contributed by atoms with van der Waals surface area (Å²) in [6, 6.07) is 5.23. The molecule has 22 heavy (non-hydrogen) atoms. The number of hydrogen-bond acceptors (Lipinski definition) is 5. The molecule has 1 N–H and O–H groups in total. The van der Waals surface area contributed by atoms with Crippen LogP contribution in [0.15, 0.2) is 18.2 Å².